The summed E-state index contributed by atoms with van der Waals surface area (Å²) in [6.45, 7) is 4.33. The second-order valence-corrected chi connectivity index (χ2v) is 3.60. The van der Waals surface area contributed by atoms with Crippen molar-refractivity contribution in [3.05, 3.63) is 22.9 Å². The highest BCUT2D eigenvalue weighted by Crippen LogP contribution is 2.02. The summed E-state index contributed by atoms with van der Waals surface area (Å²) in [4.78, 5) is 16.2. The minimum atomic E-state index is -0.0315. The molecule has 0 aliphatic heterocycles. The van der Waals surface area contributed by atoms with Gasteiger partial charge in [0.1, 0.15) is 11.7 Å². The van der Waals surface area contributed by atoms with Crippen LogP contribution in [-0.2, 0) is 13.6 Å². The van der Waals surface area contributed by atoms with E-state index >= 15 is 0 Å². The zero-order valence-electron chi connectivity index (χ0n) is 9.47. The zero-order valence-corrected chi connectivity index (χ0v) is 9.47. The molecule has 1 N–H and O–H groups in total. The first-order chi connectivity index (χ1) is 7.74. The van der Waals surface area contributed by atoms with Gasteiger partial charge in [-0.15, -0.1) is 0 Å². The smallest absolute Gasteiger partial charge is 0.264 e. The second-order valence-electron chi connectivity index (χ2n) is 3.60. The van der Waals surface area contributed by atoms with Gasteiger partial charge in [-0.2, -0.15) is 5.10 Å². The predicted molar refractivity (Wildman–Crippen MR) is 61.3 cm³/mol. The molecule has 0 saturated carbocycles. The molecular formula is C10H15N5O. The number of aryl methyl sites for hydroxylation is 1. The van der Waals surface area contributed by atoms with E-state index in [1.807, 2.05) is 6.92 Å². The molecule has 6 heteroatoms. The molecule has 0 radical (unpaired) electrons. The SMILES string of the molecule is CCNCCn1cnc2c(cnn2C)c1=O. The van der Waals surface area contributed by atoms with Crippen LogP contribution in [0.25, 0.3) is 11.0 Å². The lowest BCUT2D eigenvalue weighted by Crippen LogP contribution is -2.27. The minimum Gasteiger partial charge on any atom is -0.315 e. The lowest BCUT2D eigenvalue weighted by Gasteiger charge is -2.05. The molecule has 0 bridgehead atoms. The normalized spacial score (nSPS) is 11.1. The van der Waals surface area contributed by atoms with Gasteiger partial charge in [-0.3, -0.25) is 14.0 Å². The first-order valence-corrected chi connectivity index (χ1v) is 5.32. The first kappa shape index (κ1) is 10.8. The van der Waals surface area contributed by atoms with Crippen molar-refractivity contribution in [3.63, 3.8) is 0 Å². The first-order valence-electron chi connectivity index (χ1n) is 5.32. The van der Waals surface area contributed by atoms with Gasteiger partial charge in [0.2, 0.25) is 0 Å². The average Bonchev–Trinajstić information content (AvgIpc) is 2.65. The Morgan fingerprint density at radius 1 is 1.50 bits per heavy atom. The summed E-state index contributed by atoms with van der Waals surface area (Å²) in [5.74, 6) is 0. The molecule has 86 valence electrons. The predicted octanol–water partition coefficient (Wildman–Crippen LogP) is -0.261. The number of nitrogens with one attached hydrogen (secondary N) is 1. The zero-order chi connectivity index (χ0) is 11.5. The summed E-state index contributed by atoms with van der Waals surface area (Å²) < 4.78 is 3.21. The van der Waals surface area contributed by atoms with E-state index in [1.165, 1.54) is 0 Å². The summed E-state index contributed by atoms with van der Waals surface area (Å²) in [7, 11) is 1.78. The highest BCUT2D eigenvalue weighted by atomic mass is 16.1. The van der Waals surface area contributed by atoms with Crippen molar-refractivity contribution in [2.75, 3.05) is 13.1 Å². The second kappa shape index (κ2) is 4.44. The van der Waals surface area contributed by atoms with Gasteiger partial charge in [0.15, 0.2) is 5.65 Å². The van der Waals surface area contributed by atoms with Gasteiger partial charge in [0, 0.05) is 20.1 Å². The van der Waals surface area contributed by atoms with Crippen LogP contribution in [0.4, 0.5) is 0 Å². The van der Waals surface area contributed by atoms with Crippen LogP contribution in [0.1, 0.15) is 6.92 Å². The van der Waals surface area contributed by atoms with Crippen molar-refractivity contribution in [2.45, 2.75) is 13.5 Å². The number of fused-ring (bicyclic) bond motifs is 1. The summed E-state index contributed by atoms with van der Waals surface area (Å²) in [5.41, 5.74) is 0.598. The standard InChI is InChI=1S/C10H15N5O/c1-3-11-4-5-15-7-12-9-8(10(15)16)6-13-14(9)2/h6-7,11H,3-5H2,1-2H3. The van der Waals surface area contributed by atoms with E-state index in [4.69, 9.17) is 0 Å². The van der Waals surface area contributed by atoms with Gasteiger partial charge in [0.05, 0.1) is 6.20 Å². The maximum atomic E-state index is 12.0. The molecule has 0 fully saturated rings. The summed E-state index contributed by atoms with van der Waals surface area (Å²) in [5, 5.41) is 7.76. The van der Waals surface area contributed by atoms with Crippen LogP contribution < -0.4 is 10.9 Å². The van der Waals surface area contributed by atoms with Gasteiger partial charge in [-0.05, 0) is 6.54 Å². The van der Waals surface area contributed by atoms with Crippen LogP contribution >= 0.6 is 0 Å². The minimum absolute atomic E-state index is 0.0315. The molecular weight excluding hydrogens is 206 g/mol. The lowest BCUT2D eigenvalue weighted by molar-refractivity contribution is 0.595. The number of rotatable bonds is 4. The Morgan fingerprint density at radius 2 is 2.31 bits per heavy atom. The van der Waals surface area contributed by atoms with Crippen LogP contribution in [0.2, 0.25) is 0 Å². The lowest BCUT2D eigenvalue weighted by atomic mass is 10.4. The van der Waals surface area contributed by atoms with E-state index in [0.717, 1.165) is 13.1 Å². The van der Waals surface area contributed by atoms with Crippen molar-refractivity contribution in [1.82, 2.24) is 24.6 Å². The van der Waals surface area contributed by atoms with E-state index in [2.05, 4.69) is 15.4 Å². The van der Waals surface area contributed by atoms with Gasteiger partial charge >= 0.3 is 0 Å². The number of nitrogens with zero attached hydrogens (tertiary/aromatic N) is 4. The highest BCUT2D eigenvalue weighted by molar-refractivity contribution is 5.72. The topological polar surface area (TPSA) is 64.7 Å². The van der Waals surface area contributed by atoms with Crippen LogP contribution in [0.3, 0.4) is 0 Å². The summed E-state index contributed by atoms with van der Waals surface area (Å²) >= 11 is 0. The molecule has 2 aromatic rings. The Morgan fingerprint density at radius 3 is 3.06 bits per heavy atom. The monoisotopic (exact) mass is 221 g/mol. The molecule has 16 heavy (non-hydrogen) atoms. The Labute approximate surface area is 92.9 Å². The van der Waals surface area contributed by atoms with Gasteiger partial charge < -0.3 is 5.32 Å². The third-order valence-electron chi connectivity index (χ3n) is 2.50. The van der Waals surface area contributed by atoms with E-state index in [9.17, 15) is 4.79 Å². The molecule has 0 spiro atoms. The molecule has 2 aromatic heterocycles. The number of aromatic nitrogens is 4. The maximum absolute atomic E-state index is 12.0. The number of hydrogen-bond donors (Lipinski definition) is 1. The van der Waals surface area contributed by atoms with Crippen molar-refractivity contribution in [1.29, 1.82) is 0 Å². The molecule has 6 nitrogen and oxygen atoms in total. The molecule has 0 aromatic carbocycles. The number of hydrogen-bond acceptors (Lipinski definition) is 4. The van der Waals surface area contributed by atoms with Crippen LogP contribution in [0.15, 0.2) is 17.3 Å². The summed E-state index contributed by atoms with van der Waals surface area (Å²) in [6.07, 6.45) is 3.14. The molecule has 2 heterocycles. The van der Waals surface area contributed by atoms with Gasteiger partial charge in [-0.1, -0.05) is 6.92 Å². The van der Waals surface area contributed by atoms with Crippen LogP contribution in [0, 0.1) is 0 Å². The van der Waals surface area contributed by atoms with Gasteiger partial charge in [-0.25, -0.2) is 4.98 Å². The molecule has 0 unspecified atom stereocenters. The maximum Gasteiger partial charge on any atom is 0.264 e. The van der Waals surface area contributed by atoms with E-state index < -0.39 is 0 Å². The van der Waals surface area contributed by atoms with E-state index in [0.29, 0.717) is 17.6 Å². The van der Waals surface area contributed by atoms with Gasteiger partial charge in [0.25, 0.3) is 5.56 Å². The number of likely N-dealkylation sites (N-methyl/N-ethyl adjacent to an activating group) is 1. The Bertz CT molecular complexity index is 542. The third kappa shape index (κ3) is 1.83. The largest absolute Gasteiger partial charge is 0.315 e. The van der Waals surface area contributed by atoms with E-state index in [-0.39, 0.29) is 5.56 Å². The van der Waals surface area contributed by atoms with Crippen LogP contribution in [0.5, 0.6) is 0 Å². The summed E-state index contributed by atoms with van der Waals surface area (Å²) in [6, 6.07) is 0. The fourth-order valence-corrected chi connectivity index (χ4v) is 1.60. The van der Waals surface area contributed by atoms with Crippen molar-refractivity contribution in [2.24, 2.45) is 7.05 Å². The highest BCUT2D eigenvalue weighted by Gasteiger charge is 2.07. The van der Waals surface area contributed by atoms with Crippen molar-refractivity contribution in [3.8, 4) is 0 Å². The third-order valence-corrected chi connectivity index (χ3v) is 2.50. The van der Waals surface area contributed by atoms with Crippen LogP contribution in [-0.4, -0.2) is 32.4 Å². The average molecular weight is 221 g/mol. The van der Waals surface area contributed by atoms with E-state index in [1.54, 1.807) is 28.8 Å². The van der Waals surface area contributed by atoms with Crippen molar-refractivity contribution >= 4 is 11.0 Å². The quantitative estimate of drug-likeness (QED) is 0.722. The molecule has 0 saturated heterocycles. The fourth-order valence-electron chi connectivity index (χ4n) is 1.60. The Hall–Kier alpha value is -1.69. The molecule has 2 rings (SSSR count). The van der Waals surface area contributed by atoms with Crippen molar-refractivity contribution < 1.29 is 0 Å². The molecule has 0 amide bonds. The molecule has 0 aliphatic carbocycles. The fraction of sp³-hybridized carbons (Fsp3) is 0.500. The Kier molecular flexibility index (Phi) is 3.00. The molecule has 0 atom stereocenters. The Balaban J connectivity index is 2.34. The molecule has 0 aliphatic rings.